The number of carbonyl (C=O) groups is 1. The van der Waals surface area contributed by atoms with Crippen molar-refractivity contribution in [3.05, 3.63) is 18.2 Å². The maximum atomic E-state index is 11.2. The Hall–Kier alpha value is -2.18. The van der Waals surface area contributed by atoms with Gasteiger partial charge in [0.15, 0.2) is 5.82 Å². The number of aliphatic carboxylic acids is 1. The van der Waals surface area contributed by atoms with E-state index in [-0.39, 0.29) is 5.92 Å². The lowest BCUT2D eigenvalue weighted by Gasteiger charge is -2.17. The molecule has 102 valence electrons. The second-order valence-corrected chi connectivity index (χ2v) is 4.88. The van der Waals surface area contributed by atoms with Gasteiger partial charge in [0.05, 0.1) is 0 Å². The van der Waals surface area contributed by atoms with Gasteiger partial charge < -0.3 is 10.4 Å². The highest BCUT2D eigenvalue weighted by Gasteiger charge is 2.20. The van der Waals surface area contributed by atoms with E-state index in [9.17, 15) is 9.90 Å². The van der Waals surface area contributed by atoms with E-state index in [0.717, 1.165) is 5.82 Å². The summed E-state index contributed by atoms with van der Waals surface area (Å²) in [7, 11) is 0. The summed E-state index contributed by atoms with van der Waals surface area (Å²) in [6.45, 7) is 5.78. The molecule has 0 aromatic carbocycles. The Bertz CT molecular complexity index is 593. The molecule has 0 saturated heterocycles. The molecule has 0 spiro atoms. The lowest BCUT2D eigenvalue weighted by atomic mass is 10.0. The fourth-order valence-electron chi connectivity index (χ4n) is 1.90. The monoisotopic (exact) mass is 263 g/mol. The van der Waals surface area contributed by atoms with Crippen LogP contribution in [0.3, 0.4) is 0 Å². The summed E-state index contributed by atoms with van der Waals surface area (Å²) in [5, 5.41) is 20.1. The molecule has 0 unspecified atom stereocenters. The number of aryl methyl sites for hydroxylation is 1. The van der Waals surface area contributed by atoms with Gasteiger partial charge in [0, 0.05) is 12.4 Å². The Morgan fingerprint density at radius 2 is 2.21 bits per heavy atom. The van der Waals surface area contributed by atoms with E-state index in [1.165, 1.54) is 0 Å². The van der Waals surface area contributed by atoms with Crippen LogP contribution in [-0.4, -0.2) is 36.7 Å². The lowest BCUT2D eigenvalue weighted by Crippen LogP contribution is -2.31. The normalized spacial score (nSPS) is 12.8. The zero-order valence-electron chi connectivity index (χ0n) is 11.2. The van der Waals surface area contributed by atoms with Gasteiger partial charge in [0.2, 0.25) is 5.65 Å². The van der Waals surface area contributed by atoms with Crippen molar-refractivity contribution >= 4 is 17.4 Å². The van der Waals surface area contributed by atoms with Gasteiger partial charge in [-0.2, -0.15) is 0 Å². The van der Waals surface area contributed by atoms with Crippen LogP contribution in [0.5, 0.6) is 0 Å². The van der Waals surface area contributed by atoms with Crippen molar-refractivity contribution in [3.8, 4) is 0 Å². The van der Waals surface area contributed by atoms with Crippen LogP contribution < -0.4 is 5.32 Å². The first-order valence-corrected chi connectivity index (χ1v) is 6.14. The molecule has 7 nitrogen and oxygen atoms in total. The molecule has 2 rings (SSSR count). The minimum atomic E-state index is -0.895. The molecule has 0 aliphatic heterocycles. The molecular weight excluding hydrogens is 246 g/mol. The average molecular weight is 263 g/mol. The minimum Gasteiger partial charge on any atom is -0.480 e. The van der Waals surface area contributed by atoms with E-state index in [2.05, 4.69) is 20.5 Å². The van der Waals surface area contributed by atoms with Crippen LogP contribution in [0.15, 0.2) is 12.4 Å². The van der Waals surface area contributed by atoms with Crippen LogP contribution in [0.1, 0.15) is 26.1 Å². The molecule has 0 fully saturated rings. The van der Waals surface area contributed by atoms with E-state index in [1.54, 1.807) is 16.8 Å². The molecular formula is C12H17N5O2. The van der Waals surface area contributed by atoms with Gasteiger partial charge in [0.1, 0.15) is 11.9 Å². The number of hydrogen-bond donors (Lipinski definition) is 2. The number of fused-ring (bicyclic) bond motifs is 1. The smallest absolute Gasteiger partial charge is 0.326 e. The maximum Gasteiger partial charge on any atom is 0.326 e. The molecule has 2 heterocycles. The number of carboxylic acids is 1. The van der Waals surface area contributed by atoms with Crippen LogP contribution in [0.4, 0.5) is 5.82 Å². The second kappa shape index (κ2) is 5.21. The van der Waals surface area contributed by atoms with Gasteiger partial charge in [-0.25, -0.2) is 9.78 Å². The molecule has 0 aliphatic rings. The Kier molecular flexibility index (Phi) is 3.64. The van der Waals surface area contributed by atoms with Crippen LogP contribution >= 0.6 is 0 Å². The SMILES string of the molecule is Cc1nnc2c(N[C@H](CC(C)C)C(=O)O)nccn12. The highest BCUT2D eigenvalue weighted by atomic mass is 16.4. The van der Waals surface area contributed by atoms with Crippen molar-refractivity contribution in [1.29, 1.82) is 0 Å². The second-order valence-electron chi connectivity index (χ2n) is 4.88. The zero-order valence-corrected chi connectivity index (χ0v) is 11.2. The number of carboxylic acid groups (broad SMARTS) is 1. The van der Waals surface area contributed by atoms with Gasteiger partial charge in [-0.05, 0) is 19.3 Å². The molecule has 0 amide bonds. The number of nitrogens with one attached hydrogen (secondary N) is 1. The van der Waals surface area contributed by atoms with Gasteiger partial charge >= 0.3 is 5.97 Å². The summed E-state index contributed by atoms with van der Waals surface area (Å²) in [5.41, 5.74) is 0.537. The van der Waals surface area contributed by atoms with Crippen LogP contribution in [0.25, 0.3) is 5.65 Å². The van der Waals surface area contributed by atoms with Crippen LogP contribution in [-0.2, 0) is 4.79 Å². The van der Waals surface area contributed by atoms with Crippen molar-refractivity contribution < 1.29 is 9.90 Å². The third kappa shape index (κ3) is 2.81. The van der Waals surface area contributed by atoms with E-state index in [4.69, 9.17) is 0 Å². The predicted octanol–water partition coefficient (Wildman–Crippen LogP) is 1.34. The summed E-state index contributed by atoms with van der Waals surface area (Å²) in [4.78, 5) is 15.4. The first kappa shape index (κ1) is 13.3. The summed E-state index contributed by atoms with van der Waals surface area (Å²) in [6, 6.07) is -0.685. The molecule has 1 atom stereocenters. The predicted molar refractivity (Wildman–Crippen MR) is 70.0 cm³/mol. The lowest BCUT2D eigenvalue weighted by molar-refractivity contribution is -0.138. The van der Waals surface area contributed by atoms with E-state index < -0.39 is 12.0 Å². The van der Waals surface area contributed by atoms with E-state index in [0.29, 0.717) is 17.9 Å². The van der Waals surface area contributed by atoms with Crippen molar-refractivity contribution in [2.45, 2.75) is 33.2 Å². The number of aromatic nitrogens is 4. The number of nitrogens with zero attached hydrogens (tertiary/aromatic N) is 4. The van der Waals surface area contributed by atoms with Crippen molar-refractivity contribution in [2.24, 2.45) is 5.92 Å². The maximum absolute atomic E-state index is 11.2. The highest BCUT2D eigenvalue weighted by Crippen LogP contribution is 2.16. The van der Waals surface area contributed by atoms with E-state index >= 15 is 0 Å². The standard InChI is InChI=1S/C12H17N5O2/c1-7(2)6-9(12(18)19)14-10-11-16-15-8(3)17(11)5-4-13-10/h4-5,7,9H,6H2,1-3H3,(H,13,14)(H,18,19)/t9-/m1/s1. The molecule has 0 bridgehead atoms. The molecule has 2 aromatic rings. The van der Waals surface area contributed by atoms with Crippen molar-refractivity contribution in [3.63, 3.8) is 0 Å². The number of hydrogen-bond acceptors (Lipinski definition) is 5. The minimum absolute atomic E-state index is 0.271. The van der Waals surface area contributed by atoms with Gasteiger partial charge in [-0.1, -0.05) is 13.8 Å². The average Bonchev–Trinajstić information content (AvgIpc) is 2.71. The third-order valence-corrected chi connectivity index (χ3v) is 2.81. The van der Waals surface area contributed by atoms with Gasteiger partial charge in [0.25, 0.3) is 0 Å². The fourth-order valence-corrected chi connectivity index (χ4v) is 1.90. The molecule has 0 radical (unpaired) electrons. The Labute approximate surface area is 110 Å². The van der Waals surface area contributed by atoms with Gasteiger partial charge in [-0.3, -0.25) is 4.40 Å². The highest BCUT2D eigenvalue weighted by molar-refractivity contribution is 5.78. The molecule has 2 N–H and O–H groups in total. The molecule has 0 saturated carbocycles. The Balaban J connectivity index is 2.31. The Morgan fingerprint density at radius 3 is 2.84 bits per heavy atom. The zero-order chi connectivity index (χ0) is 14.0. The summed E-state index contributed by atoms with van der Waals surface area (Å²) < 4.78 is 1.77. The first-order valence-electron chi connectivity index (χ1n) is 6.14. The topological polar surface area (TPSA) is 92.4 Å². The molecule has 19 heavy (non-hydrogen) atoms. The van der Waals surface area contributed by atoms with Crippen LogP contribution in [0.2, 0.25) is 0 Å². The summed E-state index contributed by atoms with van der Waals surface area (Å²) >= 11 is 0. The van der Waals surface area contributed by atoms with Crippen LogP contribution in [0, 0.1) is 12.8 Å². The summed E-state index contributed by atoms with van der Waals surface area (Å²) in [6.07, 6.45) is 3.86. The third-order valence-electron chi connectivity index (χ3n) is 2.81. The molecule has 0 aliphatic carbocycles. The molecule has 2 aromatic heterocycles. The van der Waals surface area contributed by atoms with E-state index in [1.807, 2.05) is 20.8 Å². The largest absolute Gasteiger partial charge is 0.480 e. The first-order chi connectivity index (χ1) is 8.99. The van der Waals surface area contributed by atoms with Crippen molar-refractivity contribution in [1.82, 2.24) is 19.6 Å². The fraction of sp³-hybridized carbons (Fsp3) is 0.500. The Morgan fingerprint density at radius 1 is 1.47 bits per heavy atom. The van der Waals surface area contributed by atoms with Crippen molar-refractivity contribution in [2.75, 3.05) is 5.32 Å². The van der Waals surface area contributed by atoms with Gasteiger partial charge in [-0.15, -0.1) is 10.2 Å². The number of rotatable bonds is 5. The molecule has 7 heteroatoms. The number of anilines is 1. The summed E-state index contributed by atoms with van der Waals surface area (Å²) in [5.74, 6) is 0.550. The quantitative estimate of drug-likeness (QED) is 0.845.